The van der Waals surface area contributed by atoms with Crippen molar-refractivity contribution in [2.24, 2.45) is 0 Å². The molecule has 0 saturated carbocycles. The first kappa shape index (κ1) is 7.56. The molecular weight excluding hydrogens is 265 g/mol. The number of pyridine rings is 1. The average molecular weight is 293 g/mol. The summed E-state index contributed by atoms with van der Waals surface area (Å²) in [5.41, 5.74) is -2.49. The van der Waals surface area contributed by atoms with Crippen LogP contribution >= 0.6 is 0 Å². The zero-order valence-electron chi connectivity index (χ0n) is 20.2. The van der Waals surface area contributed by atoms with E-state index in [4.69, 9.17) is 20.3 Å². The molecule has 0 spiro atoms. The fourth-order valence-electron chi connectivity index (χ4n) is 1.85. The minimum Gasteiger partial charge on any atom is -0.399 e. The zero-order valence-corrected chi connectivity index (χ0v) is 12.2. The molecule has 3 rings (SSSR count). The van der Waals surface area contributed by atoms with Gasteiger partial charge in [0.15, 0.2) is 0 Å². The van der Waals surface area contributed by atoms with Crippen LogP contribution in [0.1, 0.15) is 44.2 Å². The van der Waals surface area contributed by atoms with Gasteiger partial charge in [-0.3, -0.25) is 4.98 Å². The Hall–Kier alpha value is -1.66. The van der Waals surface area contributed by atoms with Crippen LogP contribution in [0.25, 0.3) is 5.69 Å². The van der Waals surface area contributed by atoms with Gasteiger partial charge in [0.2, 0.25) is 0 Å². The maximum atomic E-state index is 8.44. The van der Waals surface area contributed by atoms with Crippen LogP contribution in [0.4, 0.5) is 0 Å². The van der Waals surface area contributed by atoms with Crippen LogP contribution in [0.3, 0.4) is 0 Å². The van der Waals surface area contributed by atoms with Crippen LogP contribution in [0.5, 0.6) is 0 Å². The standard InChI is InChI=1S/C15H20BN3O2/c1-11-6-13(9-17-7-11)19-10-12(8-18-19)16-20-14(2,3)15(4,5)21-16/h6-10H,1-5H3/i1D3,6D,7D,8D,9D,10D. The summed E-state index contributed by atoms with van der Waals surface area (Å²) in [5.74, 6) is 0. The molecule has 0 bridgehead atoms. The largest absolute Gasteiger partial charge is 0.498 e. The predicted molar refractivity (Wildman–Crippen MR) is 81.8 cm³/mol. The molecule has 1 aliphatic rings. The highest BCUT2D eigenvalue weighted by atomic mass is 16.7. The Morgan fingerprint density at radius 3 is 2.57 bits per heavy atom. The molecule has 0 unspecified atom stereocenters. The van der Waals surface area contributed by atoms with Gasteiger partial charge in [0.25, 0.3) is 0 Å². The molecule has 0 amide bonds. The van der Waals surface area contributed by atoms with E-state index >= 15 is 0 Å². The third-order valence-electron chi connectivity index (χ3n) is 3.77. The lowest BCUT2D eigenvalue weighted by atomic mass is 9.82. The van der Waals surface area contributed by atoms with E-state index in [0.717, 1.165) is 4.68 Å². The summed E-state index contributed by atoms with van der Waals surface area (Å²) < 4.78 is 75.7. The van der Waals surface area contributed by atoms with E-state index in [1.165, 1.54) is 0 Å². The van der Waals surface area contributed by atoms with Crippen LogP contribution in [0.15, 0.2) is 30.7 Å². The molecule has 6 heteroatoms. The van der Waals surface area contributed by atoms with Gasteiger partial charge in [-0.15, -0.1) is 0 Å². The van der Waals surface area contributed by atoms with E-state index in [2.05, 4.69) is 10.1 Å². The summed E-state index contributed by atoms with van der Waals surface area (Å²) in [6, 6.07) is -0.661. The highest BCUT2D eigenvalue weighted by Crippen LogP contribution is 2.36. The fourth-order valence-corrected chi connectivity index (χ4v) is 1.85. The molecule has 21 heavy (non-hydrogen) atoms. The molecule has 0 aromatic carbocycles. The quantitative estimate of drug-likeness (QED) is 0.793. The Morgan fingerprint density at radius 2 is 1.90 bits per heavy atom. The molecule has 1 saturated heterocycles. The van der Waals surface area contributed by atoms with Gasteiger partial charge in [-0.05, 0) is 46.2 Å². The van der Waals surface area contributed by atoms with E-state index in [1.807, 2.05) is 27.7 Å². The van der Waals surface area contributed by atoms with E-state index in [-0.39, 0.29) is 17.8 Å². The number of rotatable bonds is 2. The van der Waals surface area contributed by atoms with Crippen LogP contribution in [0.2, 0.25) is 0 Å². The smallest absolute Gasteiger partial charge is 0.399 e. The third kappa shape index (κ3) is 2.49. The molecule has 2 aromatic rings. The van der Waals surface area contributed by atoms with Crippen molar-refractivity contribution in [3.8, 4) is 5.69 Å². The van der Waals surface area contributed by atoms with Gasteiger partial charge >= 0.3 is 7.12 Å². The van der Waals surface area contributed by atoms with Crippen LogP contribution in [-0.4, -0.2) is 33.1 Å². The Balaban J connectivity index is 2.18. The summed E-state index contributed by atoms with van der Waals surface area (Å²) in [7, 11) is -1.07. The zero-order chi connectivity index (χ0) is 22.1. The Kier molecular flexibility index (Phi) is 1.68. The van der Waals surface area contributed by atoms with E-state index in [9.17, 15) is 0 Å². The fraction of sp³-hybridized carbons (Fsp3) is 0.467. The van der Waals surface area contributed by atoms with E-state index in [1.54, 1.807) is 0 Å². The maximum Gasteiger partial charge on any atom is 0.498 e. The first-order valence-electron chi connectivity index (χ1n) is 10.5. The van der Waals surface area contributed by atoms with Crippen molar-refractivity contribution in [3.63, 3.8) is 0 Å². The molecule has 0 aliphatic carbocycles. The van der Waals surface area contributed by atoms with Gasteiger partial charge in [0.1, 0.15) is 0 Å². The lowest BCUT2D eigenvalue weighted by Crippen LogP contribution is -2.41. The van der Waals surface area contributed by atoms with Gasteiger partial charge in [0.05, 0.1) is 29.9 Å². The molecule has 0 N–H and O–H groups in total. The predicted octanol–water partition coefficient (Wildman–Crippen LogP) is 1.87. The second-order valence-corrected chi connectivity index (χ2v) is 5.82. The Bertz CT molecular complexity index is 973. The molecule has 1 aliphatic heterocycles. The Morgan fingerprint density at radius 1 is 1.19 bits per heavy atom. The minimum absolute atomic E-state index is 0.00664. The van der Waals surface area contributed by atoms with Gasteiger partial charge in [-0.2, -0.15) is 5.10 Å². The van der Waals surface area contributed by atoms with E-state index in [0.29, 0.717) is 0 Å². The van der Waals surface area contributed by atoms with Crippen molar-refractivity contribution in [1.82, 2.24) is 14.8 Å². The second kappa shape index (κ2) is 4.68. The van der Waals surface area contributed by atoms with Gasteiger partial charge in [0, 0.05) is 28.1 Å². The minimum atomic E-state index is -2.81. The van der Waals surface area contributed by atoms with Crippen molar-refractivity contribution in [3.05, 3.63) is 36.3 Å². The molecule has 3 heterocycles. The average Bonchev–Trinajstić information content (AvgIpc) is 2.89. The molecule has 1 fully saturated rings. The van der Waals surface area contributed by atoms with E-state index < -0.39 is 54.8 Å². The topological polar surface area (TPSA) is 49.2 Å². The van der Waals surface area contributed by atoms with Crippen LogP contribution < -0.4 is 5.46 Å². The lowest BCUT2D eigenvalue weighted by molar-refractivity contribution is 0.00578. The highest BCUT2D eigenvalue weighted by molar-refractivity contribution is 6.62. The van der Waals surface area contributed by atoms with Crippen molar-refractivity contribution in [1.29, 1.82) is 0 Å². The number of nitrogens with zero attached hydrogens (tertiary/aromatic N) is 3. The number of hydrogen-bond donors (Lipinski definition) is 0. The maximum absolute atomic E-state index is 8.44. The Labute approximate surface area is 136 Å². The van der Waals surface area contributed by atoms with Gasteiger partial charge < -0.3 is 9.31 Å². The highest BCUT2D eigenvalue weighted by Gasteiger charge is 2.52. The molecule has 0 atom stereocenters. The monoisotopic (exact) mass is 293 g/mol. The summed E-state index contributed by atoms with van der Waals surface area (Å²) in [6.07, 6.45) is -2.05. The summed E-state index contributed by atoms with van der Waals surface area (Å²) in [5, 5.41) is 3.91. The molecular formula is C15H20BN3O2. The normalized spacial score (nSPS) is 26.0. The summed E-state index contributed by atoms with van der Waals surface area (Å²) >= 11 is 0. The lowest BCUT2D eigenvalue weighted by Gasteiger charge is -2.32. The first-order valence-corrected chi connectivity index (χ1v) is 6.49. The van der Waals surface area contributed by atoms with Gasteiger partial charge in [-0.25, -0.2) is 4.68 Å². The van der Waals surface area contributed by atoms with Crippen LogP contribution in [-0.2, 0) is 9.31 Å². The third-order valence-corrected chi connectivity index (χ3v) is 3.77. The van der Waals surface area contributed by atoms with Crippen molar-refractivity contribution >= 4 is 12.6 Å². The van der Waals surface area contributed by atoms with Crippen molar-refractivity contribution < 1.29 is 20.3 Å². The summed E-state index contributed by atoms with van der Waals surface area (Å²) in [6.45, 7) is 4.45. The second-order valence-electron chi connectivity index (χ2n) is 5.82. The van der Waals surface area contributed by atoms with Crippen molar-refractivity contribution in [2.75, 3.05) is 0 Å². The number of hydrogen-bond acceptors (Lipinski definition) is 4. The molecule has 0 radical (unpaired) electrons. The number of aromatic nitrogens is 3. The summed E-state index contributed by atoms with van der Waals surface area (Å²) in [4.78, 5) is 3.59. The van der Waals surface area contributed by atoms with Crippen LogP contribution in [0, 0.1) is 6.85 Å². The SMILES string of the molecule is [2H]c1nn(-c2c([2H])nc([2H])c(C([2H])([2H])[2H])c2[2H])c([2H])c1B1OC(C)(C)C(C)(C)O1. The molecule has 5 nitrogen and oxygen atoms in total. The first-order chi connectivity index (χ1) is 13.1. The van der Waals surface area contributed by atoms with Crippen molar-refractivity contribution in [2.45, 2.75) is 45.7 Å². The van der Waals surface area contributed by atoms with Gasteiger partial charge in [-0.1, -0.05) is 0 Å². The molecule has 110 valence electrons. The molecule has 2 aromatic heterocycles.